The minimum atomic E-state index is -1.20. The predicted molar refractivity (Wildman–Crippen MR) is 134 cm³/mol. The second-order valence-corrected chi connectivity index (χ2v) is 9.89. The van der Waals surface area contributed by atoms with Crippen LogP contribution in [0.3, 0.4) is 0 Å². The van der Waals surface area contributed by atoms with E-state index in [2.05, 4.69) is 23.1 Å². The topological polar surface area (TPSA) is 64.3 Å². The van der Waals surface area contributed by atoms with Gasteiger partial charge in [0.1, 0.15) is 11.6 Å². The number of carboxylic acids is 1. The Labute approximate surface area is 198 Å². The van der Waals surface area contributed by atoms with Crippen LogP contribution in [0.1, 0.15) is 75.3 Å². The molecule has 0 spiro atoms. The summed E-state index contributed by atoms with van der Waals surface area (Å²) in [7, 11) is 0. The van der Waals surface area contributed by atoms with Crippen molar-refractivity contribution in [1.82, 2.24) is 0 Å². The summed E-state index contributed by atoms with van der Waals surface area (Å²) < 4.78 is 0. The average Bonchev–Trinajstić information content (AvgIpc) is 2.86. The van der Waals surface area contributed by atoms with Gasteiger partial charge in [-0.15, -0.1) is 0 Å². The molecule has 1 heterocycles. The van der Waals surface area contributed by atoms with E-state index in [0.717, 1.165) is 23.8 Å². The number of rotatable bonds is 6. The number of fused-ring (bicyclic) bond motifs is 1. The van der Waals surface area contributed by atoms with Gasteiger partial charge in [0.25, 0.3) is 0 Å². The zero-order chi connectivity index (χ0) is 23.0. The van der Waals surface area contributed by atoms with Gasteiger partial charge in [-0.2, -0.15) is 5.26 Å². The summed E-state index contributed by atoms with van der Waals surface area (Å²) in [6.07, 6.45) is 23.8. The van der Waals surface area contributed by atoms with Crippen LogP contribution in [-0.2, 0) is 11.2 Å². The van der Waals surface area contributed by atoms with Gasteiger partial charge in [0.2, 0.25) is 0 Å². The van der Waals surface area contributed by atoms with Gasteiger partial charge in [0.05, 0.1) is 0 Å². The largest absolute Gasteiger partial charge is 0.477 e. The van der Waals surface area contributed by atoms with Gasteiger partial charge < -0.3 is 10.0 Å². The van der Waals surface area contributed by atoms with Gasteiger partial charge in [-0.05, 0) is 79.7 Å². The number of allylic oxidation sites excluding steroid dienone is 4. The third-order valence-electron chi connectivity index (χ3n) is 7.88. The highest BCUT2D eigenvalue weighted by molar-refractivity contribution is 5.91. The van der Waals surface area contributed by atoms with Crippen LogP contribution in [0.25, 0.3) is 6.08 Å². The molecule has 0 atom stereocenters. The first-order chi connectivity index (χ1) is 16.2. The van der Waals surface area contributed by atoms with E-state index in [1.807, 2.05) is 12.2 Å². The van der Waals surface area contributed by atoms with E-state index in [1.165, 1.54) is 88.1 Å². The summed E-state index contributed by atoms with van der Waals surface area (Å²) >= 11 is 0. The number of carbonyl (C=O) groups is 1. The molecule has 1 aliphatic heterocycles. The molecule has 2 fully saturated rings. The van der Waals surface area contributed by atoms with E-state index in [9.17, 15) is 4.79 Å². The Morgan fingerprint density at radius 1 is 0.970 bits per heavy atom. The molecule has 4 heteroatoms. The van der Waals surface area contributed by atoms with E-state index in [-0.39, 0.29) is 5.57 Å². The van der Waals surface area contributed by atoms with Crippen LogP contribution in [0.5, 0.6) is 0 Å². The molecular weight excluding hydrogens is 408 g/mol. The summed E-state index contributed by atoms with van der Waals surface area (Å²) in [5.41, 5.74) is 3.77. The average molecular weight is 445 g/mol. The summed E-state index contributed by atoms with van der Waals surface area (Å²) in [6, 6.07) is 9.15. The van der Waals surface area contributed by atoms with Gasteiger partial charge in [0, 0.05) is 18.3 Å². The van der Waals surface area contributed by atoms with Gasteiger partial charge in [-0.25, -0.2) is 4.79 Å². The molecule has 0 amide bonds. The quantitative estimate of drug-likeness (QED) is 0.302. The van der Waals surface area contributed by atoms with E-state index in [4.69, 9.17) is 10.4 Å². The smallest absolute Gasteiger partial charge is 0.346 e. The number of benzene rings is 1. The number of carboxylic acid groups (broad SMARTS) is 1. The fourth-order valence-corrected chi connectivity index (χ4v) is 6.16. The standard InChI is InChI=1S/C29H36N2O2/c30-21-26(29(32)33)11-6-1-3-8-22-13-18-28-25(20-22)12-7-19-31(28)27-16-14-24(15-17-27)23-9-4-2-5-10-23/h1,3,6,8,11,13,18,20,23-24,27H,2,4-5,7,9-10,12,14-17,19H2,(H,32,33)/b6-1+,8-3+,26-11+. The van der Waals surface area contributed by atoms with Gasteiger partial charge in [-0.3, -0.25) is 0 Å². The Morgan fingerprint density at radius 3 is 2.45 bits per heavy atom. The number of aliphatic carboxylic acids is 1. The number of anilines is 1. The van der Waals surface area contributed by atoms with E-state index in [0.29, 0.717) is 6.04 Å². The number of aryl methyl sites for hydroxylation is 1. The third kappa shape index (κ3) is 5.96. The third-order valence-corrected chi connectivity index (χ3v) is 7.88. The molecule has 33 heavy (non-hydrogen) atoms. The maximum absolute atomic E-state index is 10.8. The van der Waals surface area contributed by atoms with Crippen LogP contribution in [-0.4, -0.2) is 23.7 Å². The maximum Gasteiger partial charge on any atom is 0.346 e. The maximum atomic E-state index is 10.8. The minimum Gasteiger partial charge on any atom is -0.477 e. The number of hydrogen-bond donors (Lipinski definition) is 1. The minimum absolute atomic E-state index is 0.263. The molecule has 0 unspecified atom stereocenters. The zero-order valence-electron chi connectivity index (χ0n) is 19.6. The lowest BCUT2D eigenvalue weighted by Gasteiger charge is -2.43. The molecule has 0 radical (unpaired) electrons. The first-order valence-electron chi connectivity index (χ1n) is 12.7. The number of nitrogens with zero attached hydrogens (tertiary/aromatic N) is 2. The van der Waals surface area contributed by atoms with Crippen molar-refractivity contribution < 1.29 is 9.90 Å². The van der Waals surface area contributed by atoms with Gasteiger partial charge >= 0.3 is 5.97 Å². The Balaban J connectivity index is 1.36. The lowest BCUT2D eigenvalue weighted by Crippen LogP contribution is -2.42. The van der Waals surface area contributed by atoms with Crippen molar-refractivity contribution in [2.45, 2.75) is 76.7 Å². The highest BCUT2D eigenvalue weighted by Crippen LogP contribution is 2.41. The monoisotopic (exact) mass is 444 g/mol. The molecule has 1 N–H and O–H groups in total. The number of hydrogen-bond acceptors (Lipinski definition) is 3. The summed E-state index contributed by atoms with van der Waals surface area (Å²) in [6.45, 7) is 1.18. The normalized spacial score (nSPS) is 24.7. The fourth-order valence-electron chi connectivity index (χ4n) is 6.16. The van der Waals surface area contributed by atoms with Crippen molar-refractivity contribution in [3.63, 3.8) is 0 Å². The summed E-state index contributed by atoms with van der Waals surface area (Å²) in [5.74, 6) is 0.775. The zero-order valence-corrected chi connectivity index (χ0v) is 19.6. The van der Waals surface area contributed by atoms with Crippen molar-refractivity contribution in [3.05, 3.63) is 59.2 Å². The summed E-state index contributed by atoms with van der Waals surface area (Å²) in [5, 5.41) is 17.6. The van der Waals surface area contributed by atoms with Crippen LogP contribution < -0.4 is 4.90 Å². The van der Waals surface area contributed by atoms with E-state index in [1.54, 1.807) is 18.2 Å². The van der Waals surface area contributed by atoms with Crippen molar-refractivity contribution in [3.8, 4) is 6.07 Å². The SMILES string of the molecule is N#C\C(=C/C=C/C=C/c1ccc2c(c1)CCCN2C1CCC(C2CCCCC2)CC1)C(=O)O. The van der Waals surface area contributed by atoms with Crippen LogP contribution in [0.2, 0.25) is 0 Å². The van der Waals surface area contributed by atoms with E-state index < -0.39 is 5.97 Å². The van der Waals surface area contributed by atoms with Crippen LogP contribution in [0.15, 0.2) is 48.1 Å². The van der Waals surface area contributed by atoms with Crippen LogP contribution in [0, 0.1) is 23.2 Å². The van der Waals surface area contributed by atoms with Crippen molar-refractivity contribution >= 4 is 17.7 Å². The van der Waals surface area contributed by atoms with Crippen LogP contribution >= 0.6 is 0 Å². The second kappa shape index (κ2) is 11.4. The fraction of sp³-hybridized carbons (Fsp3) is 0.517. The summed E-state index contributed by atoms with van der Waals surface area (Å²) in [4.78, 5) is 13.5. The molecular formula is C29H36N2O2. The molecule has 0 aromatic heterocycles. The van der Waals surface area contributed by atoms with Gasteiger partial charge in [0.15, 0.2) is 0 Å². The van der Waals surface area contributed by atoms with Crippen molar-refractivity contribution in [1.29, 1.82) is 5.26 Å². The molecule has 2 aliphatic carbocycles. The predicted octanol–water partition coefficient (Wildman–Crippen LogP) is 6.68. The first kappa shape index (κ1) is 23.4. The highest BCUT2D eigenvalue weighted by Gasteiger charge is 2.32. The molecule has 2 saturated carbocycles. The van der Waals surface area contributed by atoms with Gasteiger partial charge in [-0.1, -0.05) is 62.5 Å². The Kier molecular flexibility index (Phi) is 8.05. The highest BCUT2D eigenvalue weighted by atomic mass is 16.4. The molecule has 1 aromatic carbocycles. The lowest BCUT2D eigenvalue weighted by atomic mass is 9.72. The Bertz CT molecular complexity index is 954. The molecule has 0 bridgehead atoms. The molecule has 174 valence electrons. The molecule has 0 saturated heterocycles. The lowest BCUT2D eigenvalue weighted by molar-refractivity contribution is -0.132. The van der Waals surface area contributed by atoms with E-state index >= 15 is 0 Å². The Hall–Kier alpha value is -2.80. The van der Waals surface area contributed by atoms with Crippen LogP contribution in [0.4, 0.5) is 5.69 Å². The molecule has 4 rings (SSSR count). The molecule has 4 nitrogen and oxygen atoms in total. The molecule has 1 aromatic rings. The second-order valence-electron chi connectivity index (χ2n) is 9.89. The number of nitriles is 1. The Morgan fingerprint density at radius 2 is 1.73 bits per heavy atom. The van der Waals surface area contributed by atoms with Crippen molar-refractivity contribution in [2.75, 3.05) is 11.4 Å². The first-order valence-corrected chi connectivity index (χ1v) is 12.7. The molecule has 3 aliphatic rings. The van der Waals surface area contributed by atoms with Crippen molar-refractivity contribution in [2.24, 2.45) is 11.8 Å².